The van der Waals surface area contributed by atoms with Gasteiger partial charge in [0.05, 0.1) is 22.4 Å². The lowest BCUT2D eigenvalue weighted by Gasteiger charge is -2.32. The van der Waals surface area contributed by atoms with Gasteiger partial charge in [0.1, 0.15) is 0 Å². The average molecular weight is 580 g/mol. The molecule has 7 nitrogen and oxygen atoms in total. The largest absolute Gasteiger partial charge is 0.494 e. The highest BCUT2D eigenvalue weighted by molar-refractivity contribution is 6.62. The van der Waals surface area contributed by atoms with Crippen LogP contribution in [-0.4, -0.2) is 49.1 Å². The number of nitrogens with zero attached hydrogens (tertiary/aromatic N) is 2. The Hall–Kier alpha value is -3.10. The van der Waals surface area contributed by atoms with E-state index in [2.05, 4.69) is 121 Å². The number of benzene rings is 3. The van der Waals surface area contributed by atoms with Gasteiger partial charge in [-0.05, 0) is 121 Å². The van der Waals surface area contributed by atoms with Crippen LogP contribution in [-0.2, 0) is 23.4 Å². The van der Waals surface area contributed by atoms with E-state index in [-0.39, 0.29) is 5.91 Å². The SMILES string of the molecule is CC1(C)OB(c2ccc(N(c3ccc(B4OC(C)(C)C(C)(C)O4)cc3)c3ccc(N4CCCC4=O)cc3)cc2)OC1(C)C. The monoisotopic (exact) mass is 580 g/mol. The number of rotatable bonds is 6. The summed E-state index contributed by atoms with van der Waals surface area (Å²) in [4.78, 5) is 16.4. The van der Waals surface area contributed by atoms with Crippen LogP contribution in [0.4, 0.5) is 22.7 Å². The lowest BCUT2D eigenvalue weighted by atomic mass is 9.79. The van der Waals surface area contributed by atoms with Gasteiger partial charge in [0.25, 0.3) is 0 Å². The summed E-state index contributed by atoms with van der Waals surface area (Å²) < 4.78 is 25.2. The highest BCUT2D eigenvalue weighted by Gasteiger charge is 2.52. The van der Waals surface area contributed by atoms with Gasteiger partial charge in [-0.1, -0.05) is 24.3 Å². The Morgan fingerprint density at radius 3 is 1.26 bits per heavy atom. The standard InChI is InChI=1S/C34H42B2N2O5/c1-31(2)32(3,4)41-35(40-31)24-11-15-27(16-12-24)38(29-21-19-26(20-22-29)37-23-9-10-30(37)39)28-17-13-25(14-18-28)36-42-33(5,6)34(7,8)43-36/h11-22H,9-10,23H2,1-8H3. The smallest absolute Gasteiger partial charge is 0.399 e. The number of hydrogen-bond acceptors (Lipinski definition) is 6. The average Bonchev–Trinajstić information content (AvgIpc) is 3.54. The fraction of sp³-hybridized carbons (Fsp3) is 0.441. The van der Waals surface area contributed by atoms with E-state index >= 15 is 0 Å². The molecule has 3 aromatic carbocycles. The summed E-state index contributed by atoms with van der Waals surface area (Å²) in [6.07, 6.45) is 1.51. The number of anilines is 4. The maximum absolute atomic E-state index is 12.4. The van der Waals surface area contributed by atoms with E-state index < -0.39 is 36.6 Å². The van der Waals surface area contributed by atoms with E-state index in [0.717, 1.165) is 46.6 Å². The van der Waals surface area contributed by atoms with Gasteiger partial charge in [0.2, 0.25) is 5.91 Å². The molecule has 0 saturated carbocycles. The quantitative estimate of drug-likeness (QED) is 0.340. The second-order valence-electron chi connectivity index (χ2n) is 13.9. The number of carbonyl (C=O) groups excluding carboxylic acids is 1. The van der Waals surface area contributed by atoms with Gasteiger partial charge >= 0.3 is 14.2 Å². The molecule has 0 atom stereocenters. The van der Waals surface area contributed by atoms with Gasteiger partial charge in [0.15, 0.2) is 0 Å². The van der Waals surface area contributed by atoms with Crippen molar-refractivity contribution in [2.75, 3.05) is 16.3 Å². The summed E-state index contributed by atoms with van der Waals surface area (Å²) in [7, 11) is -0.854. The Morgan fingerprint density at radius 1 is 0.581 bits per heavy atom. The second kappa shape index (κ2) is 10.5. The summed E-state index contributed by atoms with van der Waals surface area (Å²) in [5.41, 5.74) is 4.24. The van der Waals surface area contributed by atoms with Crippen LogP contribution in [0, 0.1) is 0 Å². The third-order valence-electron chi connectivity index (χ3n) is 9.85. The molecule has 0 aliphatic carbocycles. The molecule has 0 unspecified atom stereocenters. The predicted molar refractivity (Wildman–Crippen MR) is 174 cm³/mol. The molecule has 1 amide bonds. The third-order valence-corrected chi connectivity index (χ3v) is 9.85. The molecule has 6 rings (SSSR count). The molecular formula is C34H42B2N2O5. The van der Waals surface area contributed by atoms with Crippen LogP contribution < -0.4 is 20.7 Å². The minimum Gasteiger partial charge on any atom is -0.399 e. The van der Waals surface area contributed by atoms with E-state index in [4.69, 9.17) is 18.6 Å². The minimum atomic E-state index is -0.427. The first kappa shape index (κ1) is 29.9. The molecule has 0 radical (unpaired) electrons. The molecule has 0 spiro atoms. The topological polar surface area (TPSA) is 60.5 Å². The van der Waals surface area contributed by atoms with Crippen molar-refractivity contribution in [1.29, 1.82) is 0 Å². The van der Waals surface area contributed by atoms with Gasteiger partial charge < -0.3 is 28.4 Å². The van der Waals surface area contributed by atoms with Gasteiger partial charge in [-0.3, -0.25) is 4.79 Å². The Morgan fingerprint density at radius 2 is 0.930 bits per heavy atom. The molecule has 3 aliphatic rings. The van der Waals surface area contributed by atoms with Gasteiger partial charge in [-0.15, -0.1) is 0 Å². The Bertz CT molecular complexity index is 1380. The molecule has 3 aliphatic heterocycles. The lowest BCUT2D eigenvalue weighted by Crippen LogP contribution is -2.41. The third kappa shape index (κ3) is 5.42. The van der Waals surface area contributed by atoms with Crippen molar-refractivity contribution in [2.45, 2.75) is 90.6 Å². The van der Waals surface area contributed by atoms with Crippen LogP contribution in [0.5, 0.6) is 0 Å². The van der Waals surface area contributed by atoms with Crippen molar-refractivity contribution in [3.8, 4) is 0 Å². The molecule has 43 heavy (non-hydrogen) atoms. The molecule has 0 bridgehead atoms. The first-order chi connectivity index (χ1) is 20.2. The van der Waals surface area contributed by atoms with Crippen LogP contribution in [0.2, 0.25) is 0 Å². The van der Waals surface area contributed by atoms with E-state index in [1.54, 1.807) is 0 Å². The Kier molecular flexibility index (Phi) is 7.32. The highest BCUT2D eigenvalue weighted by atomic mass is 16.7. The highest BCUT2D eigenvalue weighted by Crippen LogP contribution is 2.39. The van der Waals surface area contributed by atoms with Crippen LogP contribution in [0.15, 0.2) is 72.8 Å². The zero-order valence-electron chi connectivity index (χ0n) is 26.6. The summed E-state index contributed by atoms with van der Waals surface area (Å²) in [6.45, 7) is 17.3. The lowest BCUT2D eigenvalue weighted by molar-refractivity contribution is -0.117. The van der Waals surface area contributed by atoms with E-state index in [9.17, 15) is 4.79 Å². The zero-order valence-corrected chi connectivity index (χ0v) is 26.6. The molecular weight excluding hydrogens is 538 g/mol. The molecule has 3 heterocycles. The predicted octanol–water partition coefficient (Wildman–Crippen LogP) is 5.88. The van der Waals surface area contributed by atoms with Gasteiger partial charge in [-0.2, -0.15) is 0 Å². The molecule has 3 saturated heterocycles. The summed E-state index contributed by atoms with van der Waals surface area (Å²) in [5, 5.41) is 0. The van der Waals surface area contributed by atoms with E-state index in [1.807, 2.05) is 17.0 Å². The fourth-order valence-electron chi connectivity index (χ4n) is 5.67. The molecule has 0 N–H and O–H groups in total. The van der Waals surface area contributed by atoms with Gasteiger partial charge in [-0.25, -0.2) is 0 Å². The van der Waals surface area contributed by atoms with E-state index in [0.29, 0.717) is 6.42 Å². The van der Waals surface area contributed by atoms with Crippen LogP contribution >= 0.6 is 0 Å². The second-order valence-corrected chi connectivity index (χ2v) is 13.9. The zero-order chi connectivity index (χ0) is 30.8. The van der Waals surface area contributed by atoms with Crippen molar-refractivity contribution < 1.29 is 23.4 Å². The molecule has 0 aromatic heterocycles. The molecule has 3 fully saturated rings. The molecule has 3 aromatic rings. The summed E-state index contributed by atoms with van der Waals surface area (Å²) in [5.74, 6) is 0.182. The number of amides is 1. The Labute approximate surface area is 256 Å². The molecule has 9 heteroatoms. The summed E-state index contributed by atoms with van der Waals surface area (Å²) in [6, 6.07) is 24.9. The maximum atomic E-state index is 12.4. The Balaban J connectivity index is 1.31. The minimum absolute atomic E-state index is 0.182. The molecule has 224 valence electrons. The normalized spacial score (nSPS) is 22.0. The van der Waals surface area contributed by atoms with Crippen molar-refractivity contribution in [3.05, 3.63) is 72.8 Å². The van der Waals surface area contributed by atoms with Crippen molar-refractivity contribution in [3.63, 3.8) is 0 Å². The first-order valence-corrected chi connectivity index (χ1v) is 15.3. The number of hydrogen-bond donors (Lipinski definition) is 0. The fourth-order valence-corrected chi connectivity index (χ4v) is 5.67. The maximum Gasteiger partial charge on any atom is 0.494 e. The van der Waals surface area contributed by atoms with Crippen LogP contribution in [0.3, 0.4) is 0 Å². The summed E-state index contributed by atoms with van der Waals surface area (Å²) >= 11 is 0. The number of carbonyl (C=O) groups is 1. The van der Waals surface area contributed by atoms with Crippen LogP contribution in [0.1, 0.15) is 68.2 Å². The van der Waals surface area contributed by atoms with Crippen molar-refractivity contribution >= 4 is 53.8 Å². The van der Waals surface area contributed by atoms with Gasteiger partial charge in [0, 0.05) is 35.7 Å². The van der Waals surface area contributed by atoms with E-state index in [1.165, 1.54) is 0 Å². The first-order valence-electron chi connectivity index (χ1n) is 15.3. The van der Waals surface area contributed by atoms with Crippen LogP contribution in [0.25, 0.3) is 0 Å². The van der Waals surface area contributed by atoms with Crippen molar-refractivity contribution in [2.24, 2.45) is 0 Å². The van der Waals surface area contributed by atoms with Crippen molar-refractivity contribution in [1.82, 2.24) is 0 Å².